The molecule has 1 N–H and O–H groups in total. The van der Waals surface area contributed by atoms with Crippen molar-refractivity contribution in [1.29, 1.82) is 0 Å². The van der Waals surface area contributed by atoms with Gasteiger partial charge in [0.05, 0.1) is 0 Å². The number of carbonyl (C=O) groups is 2. The number of carbonyl (C=O) groups excluding carboxylic acids is 2. The second-order valence-electron chi connectivity index (χ2n) is 6.50. The Morgan fingerprint density at radius 3 is 2.57 bits per heavy atom. The standard InChI is InChI=1S/C21H20FN3O5/c1-14(19(27)23-12-11-15-7-9-17(22)10-8-15)29-18(26)13-25-21(28)30-20(24-25)16-5-3-2-4-6-16/h2-10,14H,11-13H2,1H3,(H,23,27)/t14-/m0/s1. The number of benzene rings is 2. The number of rotatable bonds is 8. The van der Waals surface area contributed by atoms with E-state index in [9.17, 15) is 18.8 Å². The smallest absolute Gasteiger partial charge is 0.437 e. The van der Waals surface area contributed by atoms with Gasteiger partial charge in [-0.05, 0) is 43.2 Å². The van der Waals surface area contributed by atoms with E-state index < -0.39 is 30.3 Å². The van der Waals surface area contributed by atoms with Crippen LogP contribution in [0.2, 0.25) is 0 Å². The number of aromatic nitrogens is 2. The summed E-state index contributed by atoms with van der Waals surface area (Å²) in [6.07, 6.45) is -0.551. The molecule has 0 aliphatic carbocycles. The van der Waals surface area contributed by atoms with E-state index in [0.717, 1.165) is 10.2 Å². The predicted molar refractivity (Wildman–Crippen MR) is 105 cm³/mol. The van der Waals surface area contributed by atoms with Crippen LogP contribution in [-0.2, 0) is 27.3 Å². The second-order valence-corrected chi connectivity index (χ2v) is 6.50. The van der Waals surface area contributed by atoms with Gasteiger partial charge in [-0.15, -0.1) is 5.10 Å². The van der Waals surface area contributed by atoms with Gasteiger partial charge in [0, 0.05) is 12.1 Å². The molecule has 156 valence electrons. The molecule has 0 aliphatic rings. The molecule has 8 nitrogen and oxygen atoms in total. The third-order valence-electron chi connectivity index (χ3n) is 4.21. The van der Waals surface area contributed by atoms with Gasteiger partial charge in [-0.3, -0.25) is 9.59 Å². The summed E-state index contributed by atoms with van der Waals surface area (Å²) in [6, 6.07) is 14.7. The van der Waals surface area contributed by atoms with Crippen molar-refractivity contribution in [3.63, 3.8) is 0 Å². The van der Waals surface area contributed by atoms with Gasteiger partial charge in [0.15, 0.2) is 6.10 Å². The lowest BCUT2D eigenvalue weighted by Gasteiger charge is -2.13. The van der Waals surface area contributed by atoms with Crippen LogP contribution < -0.4 is 11.1 Å². The Morgan fingerprint density at radius 1 is 1.17 bits per heavy atom. The average Bonchev–Trinajstić information content (AvgIpc) is 3.10. The van der Waals surface area contributed by atoms with Crippen molar-refractivity contribution in [2.75, 3.05) is 6.54 Å². The fourth-order valence-electron chi connectivity index (χ4n) is 2.64. The van der Waals surface area contributed by atoms with Crippen LogP contribution in [0.4, 0.5) is 4.39 Å². The molecule has 1 atom stereocenters. The van der Waals surface area contributed by atoms with E-state index in [4.69, 9.17) is 9.15 Å². The van der Waals surface area contributed by atoms with Gasteiger partial charge in [0.2, 0.25) is 5.89 Å². The lowest BCUT2D eigenvalue weighted by Crippen LogP contribution is -2.38. The second kappa shape index (κ2) is 9.64. The Bertz CT molecular complexity index is 1060. The van der Waals surface area contributed by atoms with Crippen molar-refractivity contribution in [3.8, 4) is 11.5 Å². The SMILES string of the molecule is C[C@H](OC(=O)Cn1nc(-c2ccccc2)oc1=O)C(=O)NCCc1ccc(F)cc1. The summed E-state index contributed by atoms with van der Waals surface area (Å²) < 4.78 is 23.8. The predicted octanol–water partition coefficient (Wildman–Crippen LogP) is 1.93. The van der Waals surface area contributed by atoms with E-state index in [2.05, 4.69) is 10.4 Å². The number of nitrogens with zero attached hydrogens (tertiary/aromatic N) is 2. The van der Waals surface area contributed by atoms with Crippen molar-refractivity contribution in [2.24, 2.45) is 0 Å². The maximum Gasteiger partial charge on any atom is 0.437 e. The summed E-state index contributed by atoms with van der Waals surface area (Å²) in [7, 11) is 0. The van der Waals surface area contributed by atoms with Crippen molar-refractivity contribution < 1.29 is 23.1 Å². The third-order valence-corrected chi connectivity index (χ3v) is 4.21. The molecule has 0 radical (unpaired) electrons. The van der Waals surface area contributed by atoms with Crippen LogP contribution in [-0.4, -0.2) is 34.3 Å². The first-order chi connectivity index (χ1) is 14.4. The topological polar surface area (TPSA) is 103 Å². The molecule has 0 saturated carbocycles. The van der Waals surface area contributed by atoms with Crippen LogP contribution in [0.5, 0.6) is 0 Å². The quantitative estimate of drug-likeness (QED) is 0.566. The minimum atomic E-state index is -1.05. The van der Waals surface area contributed by atoms with Gasteiger partial charge >= 0.3 is 11.7 Å². The highest BCUT2D eigenvalue weighted by molar-refractivity contribution is 5.83. The maximum atomic E-state index is 12.9. The Kier molecular flexibility index (Phi) is 6.74. The lowest BCUT2D eigenvalue weighted by molar-refractivity contribution is -0.155. The molecule has 0 unspecified atom stereocenters. The van der Waals surface area contributed by atoms with Gasteiger partial charge in [-0.2, -0.15) is 4.68 Å². The molecule has 0 saturated heterocycles. The molecule has 1 heterocycles. The van der Waals surface area contributed by atoms with E-state index in [0.29, 0.717) is 18.5 Å². The average molecular weight is 413 g/mol. The number of hydrogen-bond acceptors (Lipinski definition) is 6. The summed E-state index contributed by atoms with van der Waals surface area (Å²) in [5.41, 5.74) is 1.46. The molecular weight excluding hydrogens is 393 g/mol. The van der Waals surface area contributed by atoms with Crippen LogP contribution in [0.3, 0.4) is 0 Å². The van der Waals surface area contributed by atoms with E-state index in [1.165, 1.54) is 19.1 Å². The molecule has 3 aromatic rings. The number of amides is 1. The Balaban J connectivity index is 1.48. The molecule has 0 bridgehead atoms. The lowest BCUT2D eigenvalue weighted by atomic mass is 10.1. The molecule has 9 heteroatoms. The largest absolute Gasteiger partial charge is 0.451 e. The fourth-order valence-corrected chi connectivity index (χ4v) is 2.64. The third kappa shape index (κ3) is 5.63. The zero-order valence-electron chi connectivity index (χ0n) is 16.2. The van der Waals surface area contributed by atoms with Crippen molar-refractivity contribution >= 4 is 11.9 Å². The maximum absolute atomic E-state index is 12.9. The highest BCUT2D eigenvalue weighted by Crippen LogP contribution is 2.13. The fraction of sp³-hybridized carbons (Fsp3) is 0.238. The highest BCUT2D eigenvalue weighted by Gasteiger charge is 2.20. The minimum Gasteiger partial charge on any atom is -0.451 e. The van der Waals surface area contributed by atoms with E-state index in [-0.39, 0.29) is 11.7 Å². The molecule has 30 heavy (non-hydrogen) atoms. The molecule has 2 aromatic carbocycles. The Labute approximate surface area is 171 Å². The molecule has 0 spiro atoms. The van der Waals surface area contributed by atoms with Crippen molar-refractivity contribution in [2.45, 2.75) is 26.0 Å². The van der Waals surface area contributed by atoms with Gasteiger partial charge in [0.1, 0.15) is 12.4 Å². The summed E-state index contributed by atoms with van der Waals surface area (Å²) >= 11 is 0. The summed E-state index contributed by atoms with van der Waals surface area (Å²) in [4.78, 5) is 36.0. The van der Waals surface area contributed by atoms with Crippen LogP contribution in [0.1, 0.15) is 12.5 Å². The normalized spacial score (nSPS) is 11.7. The van der Waals surface area contributed by atoms with E-state index >= 15 is 0 Å². The van der Waals surface area contributed by atoms with Crippen LogP contribution in [0, 0.1) is 5.82 Å². The van der Waals surface area contributed by atoms with Crippen LogP contribution >= 0.6 is 0 Å². The number of hydrogen-bond donors (Lipinski definition) is 1. The minimum absolute atomic E-state index is 0.0833. The summed E-state index contributed by atoms with van der Waals surface area (Å²) in [5.74, 6) is -2.33. The number of halogens is 1. The van der Waals surface area contributed by atoms with Crippen LogP contribution in [0.25, 0.3) is 11.5 Å². The number of ether oxygens (including phenoxy) is 1. The van der Waals surface area contributed by atoms with Gasteiger partial charge in [0.25, 0.3) is 5.91 Å². The monoisotopic (exact) mass is 413 g/mol. The Hall–Kier alpha value is -3.75. The molecule has 0 aliphatic heterocycles. The Morgan fingerprint density at radius 2 is 1.87 bits per heavy atom. The number of esters is 1. The first-order valence-electron chi connectivity index (χ1n) is 9.27. The van der Waals surface area contributed by atoms with E-state index in [1.807, 2.05) is 6.07 Å². The van der Waals surface area contributed by atoms with Crippen molar-refractivity contribution in [1.82, 2.24) is 15.1 Å². The summed E-state index contributed by atoms with van der Waals surface area (Å²) in [6.45, 7) is 1.24. The van der Waals surface area contributed by atoms with E-state index in [1.54, 1.807) is 36.4 Å². The molecule has 0 fully saturated rings. The zero-order chi connectivity index (χ0) is 21.5. The van der Waals surface area contributed by atoms with Crippen LogP contribution in [0.15, 0.2) is 63.8 Å². The van der Waals surface area contributed by atoms with Gasteiger partial charge < -0.3 is 14.5 Å². The number of nitrogens with one attached hydrogen (secondary N) is 1. The van der Waals surface area contributed by atoms with Crippen molar-refractivity contribution in [3.05, 3.63) is 76.5 Å². The molecular formula is C21H20FN3O5. The van der Waals surface area contributed by atoms with Gasteiger partial charge in [-0.25, -0.2) is 9.18 Å². The first-order valence-corrected chi connectivity index (χ1v) is 9.27. The van der Waals surface area contributed by atoms with Gasteiger partial charge in [-0.1, -0.05) is 30.3 Å². The molecule has 1 amide bonds. The first kappa shape index (κ1) is 21.0. The molecule has 1 aromatic heterocycles. The summed E-state index contributed by atoms with van der Waals surface area (Å²) in [5, 5.41) is 6.61. The highest BCUT2D eigenvalue weighted by atomic mass is 19.1. The zero-order valence-corrected chi connectivity index (χ0v) is 16.2. The molecule has 3 rings (SSSR count).